The van der Waals surface area contributed by atoms with Crippen LogP contribution in [-0.4, -0.2) is 44.3 Å². The summed E-state index contributed by atoms with van der Waals surface area (Å²) in [5.41, 5.74) is 0. The number of nitrogens with one attached hydrogen (secondary N) is 1. The summed E-state index contributed by atoms with van der Waals surface area (Å²) in [6.07, 6.45) is 4.03. The van der Waals surface area contributed by atoms with E-state index in [2.05, 4.69) is 30.0 Å². The predicted octanol–water partition coefficient (Wildman–Crippen LogP) is 1.87. The van der Waals surface area contributed by atoms with E-state index in [9.17, 15) is 0 Å². The van der Waals surface area contributed by atoms with Gasteiger partial charge in [0, 0.05) is 19.0 Å². The van der Waals surface area contributed by atoms with E-state index in [4.69, 9.17) is 11.6 Å². The zero-order chi connectivity index (χ0) is 14.9. The first-order valence-corrected chi connectivity index (χ1v) is 8.94. The lowest BCUT2D eigenvalue weighted by Gasteiger charge is -2.31. The summed E-state index contributed by atoms with van der Waals surface area (Å²) in [6.45, 7) is 5.93. The second kappa shape index (κ2) is 6.23. The maximum atomic E-state index is 5.95. The summed E-state index contributed by atoms with van der Waals surface area (Å²) in [5.74, 6) is 2.81. The fourth-order valence-corrected chi connectivity index (χ4v) is 4.32. The number of hydrogen-bond donors (Lipinski definition) is 1. The van der Waals surface area contributed by atoms with Crippen LogP contribution in [0.3, 0.4) is 0 Å². The molecular formula is C14H19ClN6S. The monoisotopic (exact) mass is 338 g/mol. The Morgan fingerprint density at radius 2 is 2.14 bits per heavy atom. The molecule has 2 aromatic heterocycles. The summed E-state index contributed by atoms with van der Waals surface area (Å²) >= 11 is 7.53. The minimum absolute atomic E-state index is 0.537. The Bertz CT molecular complexity index is 646. The third kappa shape index (κ3) is 2.90. The Balaban J connectivity index is 1.38. The molecule has 0 spiro atoms. The van der Waals surface area contributed by atoms with Crippen molar-refractivity contribution >= 4 is 22.9 Å². The topological polar surface area (TPSA) is 58.9 Å². The fraction of sp³-hybridized carbons (Fsp3) is 0.643. The summed E-state index contributed by atoms with van der Waals surface area (Å²) in [4.78, 5) is 6.81. The van der Waals surface area contributed by atoms with Crippen LogP contribution < -0.4 is 5.32 Å². The minimum atomic E-state index is 0.537. The molecule has 2 aliphatic rings. The maximum Gasteiger partial charge on any atom is 0.147 e. The van der Waals surface area contributed by atoms with Crippen molar-refractivity contribution in [1.29, 1.82) is 0 Å². The molecule has 0 radical (unpaired) electrons. The number of halogens is 1. The van der Waals surface area contributed by atoms with Gasteiger partial charge in [-0.15, -0.1) is 21.5 Å². The van der Waals surface area contributed by atoms with Crippen LogP contribution in [-0.2, 0) is 19.6 Å². The van der Waals surface area contributed by atoms with Crippen LogP contribution in [0.15, 0.2) is 6.20 Å². The van der Waals surface area contributed by atoms with Crippen molar-refractivity contribution < 1.29 is 0 Å². The molecule has 4 heterocycles. The van der Waals surface area contributed by atoms with Crippen molar-refractivity contribution in [2.45, 2.75) is 38.4 Å². The molecular weight excluding hydrogens is 320 g/mol. The van der Waals surface area contributed by atoms with Gasteiger partial charge in [-0.3, -0.25) is 4.90 Å². The zero-order valence-corrected chi connectivity index (χ0v) is 13.9. The van der Waals surface area contributed by atoms with E-state index in [1.54, 1.807) is 17.5 Å². The van der Waals surface area contributed by atoms with E-state index < -0.39 is 0 Å². The lowest BCUT2D eigenvalue weighted by Crippen LogP contribution is -2.34. The van der Waals surface area contributed by atoms with Gasteiger partial charge in [-0.05, 0) is 25.9 Å². The van der Waals surface area contributed by atoms with Gasteiger partial charge >= 0.3 is 0 Å². The molecule has 2 aliphatic heterocycles. The number of rotatable bonds is 3. The van der Waals surface area contributed by atoms with Crippen molar-refractivity contribution in [1.82, 2.24) is 30.0 Å². The van der Waals surface area contributed by atoms with Crippen LogP contribution in [0.25, 0.3) is 0 Å². The minimum Gasteiger partial charge on any atom is -0.312 e. The Hall–Kier alpha value is -1.02. The van der Waals surface area contributed by atoms with Crippen LogP contribution in [0.1, 0.15) is 35.4 Å². The van der Waals surface area contributed by atoms with Gasteiger partial charge in [0.25, 0.3) is 0 Å². The zero-order valence-electron chi connectivity index (χ0n) is 12.3. The lowest BCUT2D eigenvalue weighted by molar-refractivity contribution is 0.199. The average Bonchev–Trinajstić information content (AvgIpc) is 3.14. The van der Waals surface area contributed by atoms with Gasteiger partial charge in [0.15, 0.2) is 0 Å². The molecule has 118 valence electrons. The second-order valence-corrected chi connectivity index (χ2v) is 7.66. The van der Waals surface area contributed by atoms with E-state index in [1.807, 2.05) is 0 Å². The van der Waals surface area contributed by atoms with E-state index in [-0.39, 0.29) is 0 Å². The average molecular weight is 339 g/mol. The molecule has 0 amide bonds. The molecule has 6 nitrogen and oxygen atoms in total. The third-order valence-electron chi connectivity index (χ3n) is 4.49. The number of likely N-dealkylation sites (tertiary alicyclic amines) is 1. The largest absolute Gasteiger partial charge is 0.312 e. The molecule has 1 fully saturated rings. The SMILES string of the molecule is Clc1cnc(CN2CCC(c3nnc4n3CCNC4)CC2)s1. The number of hydrogen-bond acceptors (Lipinski definition) is 6. The molecule has 0 atom stereocenters. The lowest BCUT2D eigenvalue weighted by atomic mass is 9.96. The molecule has 8 heteroatoms. The number of piperidine rings is 1. The first-order valence-electron chi connectivity index (χ1n) is 7.75. The Morgan fingerprint density at radius 1 is 1.27 bits per heavy atom. The molecule has 1 N–H and O–H groups in total. The smallest absolute Gasteiger partial charge is 0.147 e. The predicted molar refractivity (Wildman–Crippen MR) is 86.1 cm³/mol. The second-order valence-electron chi connectivity index (χ2n) is 5.91. The quantitative estimate of drug-likeness (QED) is 0.925. The Kier molecular flexibility index (Phi) is 4.13. The summed E-state index contributed by atoms with van der Waals surface area (Å²) < 4.78 is 3.09. The normalized spacial score (nSPS) is 20.2. The van der Waals surface area contributed by atoms with Crippen molar-refractivity contribution in [3.63, 3.8) is 0 Å². The van der Waals surface area contributed by atoms with Crippen LogP contribution in [0.4, 0.5) is 0 Å². The molecule has 22 heavy (non-hydrogen) atoms. The Morgan fingerprint density at radius 3 is 2.91 bits per heavy atom. The van der Waals surface area contributed by atoms with Gasteiger partial charge in [-0.25, -0.2) is 4.98 Å². The van der Waals surface area contributed by atoms with E-state index in [1.165, 1.54) is 5.82 Å². The summed E-state index contributed by atoms with van der Waals surface area (Å²) in [6, 6.07) is 0. The van der Waals surface area contributed by atoms with Crippen molar-refractivity contribution in [2.75, 3.05) is 19.6 Å². The molecule has 0 saturated carbocycles. The van der Waals surface area contributed by atoms with Crippen molar-refractivity contribution in [2.24, 2.45) is 0 Å². The fourth-order valence-electron chi connectivity index (χ4n) is 3.32. The first-order chi connectivity index (χ1) is 10.8. The van der Waals surface area contributed by atoms with E-state index in [0.29, 0.717) is 5.92 Å². The third-order valence-corrected chi connectivity index (χ3v) is 5.59. The number of nitrogens with zero attached hydrogens (tertiary/aromatic N) is 5. The highest BCUT2D eigenvalue weighted by Crippen LogP contribution is 2.29. The molecule has 0 unspecified atom stereocenters. The standard InChI is InChI=1S/C14H19ClN6S/c15-11-7-17-13(22-11)9-20-4-1-10(2-5-20)14-19-18-12-8-16-3-6-21(12)14/h7,10,16H,1-6,8-9H2. The molecule has 2 aromatic rings. The number of thiazole rings is 1. The van der Waals surface area contributed by atoms with Crippen LogP contribution in [0.5, 0.6) is 0 Å². The van der Waals surface area contributed by atoms with Gasteiger partial charge in [0.1, 0.15) is 21.0 Å². The van der Waals surface area contributed by atoms with Gasteiger partial charge in [-0.1, -0.05) is 11.6 Å². The summed E-state index contributed by atoms with van der Waals surface area (Å²) in [7, 11) is 0. The Labute approximate surface area is 138 Å². The maximum absolute atomic E-state index is 5.95. The number of fused-ring (bicyclic) bond motifs is 1. The highest BCUT2D eigenvalue weighted by molar-refractivity contribution is 7.15. The molecule has 4 rings (SSSR count). The number of aromatic nitrogens is 4. The van der Waals surface area contributed by atoms with Gasteiger partial charge in [0.2, 0.25) is 0 Å². The highest BCUT2D eigenvalue weighted by atomic mass is 35.5. The molecule has 0 aliphatic carbocycles. The van der Waals surface area contributed by atoms with Gasteiger partial charge in [-0.2, -0.15) is 0 Å². The first kappa shape index (κ1) is 14.6. The molecule has 0 bridgehead atoms. The van der Waals surface area contributed by atoms with Gasteiger partial charge in [0.05, 0.1) is 19.3 Å². The molecule has 1 saturated heterocycles. The van der Waals surface area contributed by atoms with Crippen LogP contribution >= 0.6 is 22.9 Å². The van der Waals surface area contributed by atoms with Crippen molar-refractivity contribution in [3.05, 3.63) is 27.2 Å². The summed E-state index contributed by atoms with van der Waals surface area (Å²) in [5, 5.41) is 13.2. The highest BCUT2D eigenvalue weighted by Gasteiger charge is 2.27. The van der Waals surface area contributed by atoms with Crippen LogP contribution in [0, 0.1) is 0 Å². The van der Waals surface area contributed by atoms with E-state index in [0.717, 1.165) is 67.3 Å². The molecule has 0 aromatic carbocycles. The van der Waals surface area contributed by atoms with Gasteiger partial charge < -0.3 is 9.88 Å². The van der Waals surface area contributed by atoms with Crippen LogP contribution in [0.2, 0.25) is 4.34 Å². The van der Waals surface area contributed by atoms with Crippen molar-refractivity contribution in [3.8, 4) is 0 Å². The van der Waals surface area contributed by atoms with E-state index >= 15 is 0 Å².